The van der Waals surface area contributed by atoms with Crippen LogP contribution in [0.25, 0.3) is 10.9 Å². The Bertz CT molecular complexity index is 661. The summed E-state index contributed by atoms with van der Waals surface area (Å²) in [5.41, 5.74) is 2.33. The molecule has 0 amide bonds. The van der Waals surface area contributed by atoms with E-state index < -0.39 is 5.97 Å². The highest BCUT2D eigenvalue weighted by molar-refractivity contribution is 9.10. The summed E-state index contributed by atoms with van der Waals surface area (Å²) in [6.45, 7) is 2.04. The number of halogens is 3. The van der Waals surface area contributed by atoms with Crippen LogP contribution in [0.4, 0.5) is 0 Å². The molecular formula is C14H12BrCl2NO2. The number of fused-ring (bicyclic) bond motifs is 1. The maximum Gasteiger partial charge on any atom is 0.340 e. The first-order valence-corrected chi connectivity index (χ1v) is 7.88. The molecule has 0 atom stereocenters. The number of aromatic nitrogens is 1. The molecule has 106 valence electrons. The van der Waals surface area contributed by atoms with Gasteiger partial charge in [-0.25, -0.2) is 4.79 Å². The first kappa shape index (κ1) is 15.5. The second-order valence-electron chi connectivity index (χ2n) is 4.06. The minimum Gasteiger partial charge on any atom is -0.462 e. The monoisotopic (exact) mass is 375 g/mol. The van der Waals surface area contributed by atoms with Crippen molar-refractivity contribution in [2.75, 3.05) is 6.61 Å². The number of esters is 1. The zero-order chi connectivity index (χ0) is 14.7. The number of nitrogens with zero attached hydrogens (tertiary/aromatic N) is 1. The van der Waals surface area contributed by atoms with Gasteiger partial charge in [0.25, 0.3) is 0 Å². The van der Waals surface area contributed by atoms with Crippen molar-refractivity contribution in [3.63, 3.8) is 0 Å². The minimum absolute atomic E-state index is 0.129. The Kier molecular flexibility index (Phi) is 5.24. The van der Waals surface area contributed by atoms with Gasteiger partial charge in [-0.1, -0.05) is 15.9 Å². The Labute approximate surface area is 135 Å². The summed E-state index contributed by atoms with van der Waals surface area (Å²) < 4.78 is 5.98. The van der Waals surface area contributed by atoms with Crippen molar-refractivity contribution in [2.24, 2.45) is 0 Å². The van der Waals surface area contributed by atoms with E-state index in [-0.39, 0.29) is 11.8 Å². The first-order chi connectivity index (χ1) is 9.62. The normalized spacial score (nSPS) is 10.8. The van der Waals surface area contributed by atoms with E-state index in [1.165, 1.54) is 0 Å². The van der Waals surface area contributed by atoms with E-state index in [1.807, 2.05) is 18.2 Å². The number of rotatable bonds is 4. The van der Waals surface area contributed by atoms with Crippen molar-refractivity contribution in [3.8, 4) is 0 Å². The molecule has 1 aromatic heterocycles. The fraction of sp³-hybridized carbons (Fsp3) is 0.286. The van der Waals surface area contributed by atoms with Crippen molar-refractivity contribution >= 4 is 56.0 Å². The molecule has 0 spiro atoms. The molecule has 0 saturated carbocycles. The number of benzene rings is 1. The van der Waals surface area contributed by atoms with Gasteiger partial charge in [-0.2, -0.15) is 0 Å². The van der Waals surface area contributed by atoms with Gasteiger partial charge in [0, 0.05) is 15.7 Å². The average molecular weight is 377 g/mol. The molecule has 0 aliphatic rings. The molecule has 3 nitrogen and oxygen atoms in total. The number of pyridine rings is 1. The zero-order valence-electron chi connectivity index (χ0n) is 10.8. The van der Waals surface area contributed by atoms with E-state index in [4.69, 9.17) is 27.9 Å². The van der Waals surface area contributed by atoms with Crippen molar-refractivity contribution in [1.82, 2.24) is 4.98 Å². The maximum atomic E-state index is 12.1. The summed E-state index contributed by atoms with van der Waals surface area (Å²) in [5, 5.41) is 0.825. The average Bonchev–Trinajstić information content (AvgIpc) is 2.45. The largest absolute Gasteiger partial charge is 0.462 e. The highest BCUT2D eigenvalue weighted by Gasteiger charge is 2.21. The molecule has 0 radical (unpaired) electrons. The molecule has 1 aromatic carbocycles. The SMILES string of the molecule is CCOC(=O)c1c(CCl)nc2ccc(Br)cc2c1CCl. The van der Waals surface area contributed by atoms with Crippen LogP contribution in [0, 0.1) is 0 Å². The molecule has 1 heterocycles. The molecule has 0 aliphatic heterocycles. The smallest absolute Gasteiger partial charge is 0.340 e. The van der Waals surface area contributed by atoms with Crippen LogP contribution in [0.5, 0.6) is 0 Å². The summed E-state index contributed by atoms with van der Waals surface area (Å²) in [6.07, 6.45) is 0. The number of alkyl halides is 2. The molecule has 2 rings (SSSR count). The molecule has 0 fully saturated rings. The zero-order valence-corrected chi connectivity index (χ0v) is 13.8. The van der Waals surface area contributed by atoms with Gasteiger partial charge in [0.05, 0.1) is 29.3 Å². The van der Waals surface area contributed by atoms with Gasteiger partial charge in [-0.15, -0.1) is 23.2 Å². The Morgan fingerprint density at radius 3 is 2.70 bits per heavy atom. The predicted molar refractivity (Wildman–Crippen MR) is 84.5 cm³/mol. The topological polar surface area (TPSA) is 39.2 Å². The fourth-order valence-corrected chi connectivity index (χ4v) is 2.87. The first-order valence-electron chi connectivity index (χ1n) is 6.02. The summed E-state index contributed by atoms with van der Waals surface area (Å²) >= 11 is 15.4. The summed E-state index contributed by atoms with van der Waals surface area (Å²) in [5.74, 6) is -0.120. The van der Waals surface area contributed by atoms with Gasteiger partial charge < -0.3 is 4.74 Å². The lowest BCUT2D eigenvalue weighted by Crippen LogP contribution is -2.13. The van der Waals surface area contributed by atoms with Gasteiger partial charge in [-0.05, 0) is 30.7 Å². The molecule has 0 aliphatic carbocycles. The van der Waals surface area contributed by atoms with Gasteiger partial charge in [-0.3, -0.25) is 4.98 Å². The van der Waals surface area contributed by atoms with Crippen molar-refractivity contribution in [2.45, 2.75) is 18.7 Å². The number of carbonyl (C=O) groups excluding carboxylic acids is 1. The Morgan fingerprint density at radius 1 is 1.35 bits per heavy atom. The highest BCUT2D eigenvalue weighted by atomic mass is 79.9. The second-order valence-corrected chi connectivity index (χ2v) is 5.51. The van der Waals surface area contributed by atoms with E-state index in [0.29, 0.717) is 23.4 Å². The number of carbonyl (C=O) groups is 1. The predicted octanol–water partition coefficient (Wildman–Crippen LogP) is 4.65. The molecular weight excluding hydrogens is 365 g/mol. The van der Waals surface area contributed by atoms with E-state index in [0.717, 1.165) is 15.4 Å². The fourth-order valence-electron chi connectivity index (χ4n) is 2.04. The molecule has 0 N–H and O–H groups in total. The standard InChI is InChI=1S/C14H12BrCl2NO2/c1-2-20-14(19)13-10(6-16)9-5-8(15)3-4-11(9)18-12(13)7-17/h3-5H,2,6-7H2,1H3. The molecule has 0 saturated heterocycles. The quantitative estimate of drug-likeness (QED) is 0.575. The summed E-state index contributed by atoms with van der Waals surface area (Å²) in [6, 6.07) is 5.64. The molecule has 0 bridgehead atoms. The van der Waals surface area contributed by atoms with Crippen LogP contribution in [0.15, 0.2) is 22.7 Å². The van der Waals surface area contributed by atoms with E-state index in [2.05, 4.69) is 20.9 Å². The van der Waals surface area contributed by atoms with Crippen LogP contribution in [0.1, 0.15) is 28.5 Å². The number of hydrogen-bond donors (Lipinski definition) is 0. The summed E-state index contributed by atoms with van der Waals surface area (Å²) in [4.78, 5) is 16.6. The van der Waals surface area contributed by atoms with Gasteiger partial charge in [0.15, 0.2) is 0 Å². The van der Waals surface area contributed by atoms with Crippen LogP contribution in [0.3, 0.4) is 0 Å². The Morgan fingerprint density at radius 2 is 2.10 bits per heavy atom. The highest BCUT2D eigenvalue weighted by Crippen LogP contribution is 2.29. The molecule has 6 heteroatoms. The Balaban J connectivity index is 2.78. The van der Waals surface area contributed by atoms with E-state index in [9.17, 15) is 4.79 Å². The lowest BCUT2D eigenvalue weighted by atomic mass is 10.0. The molecule has 20 heavy (non-hydrogen) atoms. The number of ether oxygens (including phenoxy) is 1. The van der Waals surface area contributed by atoms with Crippen LogP contribution >= 0.6 is 39.1 Å². The lowest BCUT2D eigenvalue weighted by molar-refractivity contribution is 0.0524. The lowest BCUT2D eigenvalue weighted by Gasteiger charge is -2.13. The van der Waals surface area contributed by atoms with Crippen molar-refractivity contribution < 1.29 is 9.53 Å². The van der Waals surface area contributed by atoms with Gasteiger partial charge >= 0.3 is 5.97 Å². The third-order valence-electron chi connectivity index (χ3n) is 2.87. The van der Waals surface area contributed by atoms with Crippen LogP contribution in [-0.2, 0) is 16.5 Å². The van der Waals surface area contributed by atoms with Gasteiger partial charge in [0.2, 0.25) is 0 Å². The van der Waals surface area contributed by atoms with Crippen LogP contribution in [-0.4, -0.2) is 17.6 Å². The van der Waals surface area contributed by atoms with Crippen molar-refractivity contribution in [3.05, 3.63) is 39.5 Å². The van der Waals surface area contributed by atoms with E-state index in [1.54, 1.807) is 6.92 Å². The van der Waals surface area contributed by atoms with Crippen molar-refractivity contribution in [1.29, 1.82) is 0 Å². The van der Waals surface area contributed by atoms with E-state index >= 15 is 0 Å². The summed E-state index contributed by atoms with van der Waals surface area (Å²) in [7, 11) is 0. The second kappa shape index (κ2) is 6.74. The van der Waals surface area contributed by atoms with Crippen LogP contribution < -0.4 is 0 Å². The minimum atomic E-state index is -0.437. The van der Waals surface area contributed by atoms with Crippen LogP contribution in [0.2, 0.25) is 0 Å². The molecule has 2 aromatic rings. The van der Waals surface area contributed by atoms with Gasteiger partial charge in [0.1, 0.15) is 0 Å². The third-order valence-corrected chi connectivity index (χ3v) is 3.88. The Hall–Kier alpha value is -0.840. The number of hydrogen-bond acceptors (Lipinski definition) is 3. The molecule has 0 unspecified atom stereocenters. The maximum absolute atomic E-state index is 12.1. The third kappa shape index (κ3) is 2.92.